The van der Waals surface area contributed by atoms with E-state index in [0.717, 1.165) is 44.6 Å². The standard InChI is InChI=1S/C23H31N5O3/c1-26-12-16(10-25-26)13-27-14-18-9-19(15-27)21(28-20(18)3-2-4-22(28)29)11-24-23(30)17-5-7-31-8-6-17/h2-4,10,12,17-19,21H,5-9,11,13-15H2,1H3,(H,24,30)/t18-,19+,21+/m1/s1. The van der Waals surface area contributed by atoms with Gasteiger partial charge in [0.05, 0.1) is 12.2 Å². The molecule has 0 unspecified atom stereocenters. The van der Waals surface area contributed by atoms with E-state index in [1.54, 1.807) is 6.07 Å². The first-order chi connectivity index (χ1) is 15.1. The van der Waals surface area contributed by atoms with Crippen LogP contribution in [0.2, 0.25) is 0 Å². The molecule has 1 N–H and O–H groups in total. The number of hydrogen-bond donors (Lipinski definition) is 1. The van der Waals surface area contributed by atoms with Crippen LogP contribution in [0.1, 0.15) is 42.5 Å². The maximum absolute atomic E-state index is 12.8. The number of ether oxygens (including phenoxy) is 1. The molecule has 5 rings (SSSR count). The molecule has 0 aromatic carbocycles. The average molecular weight is 426 g/mol. The van der Waals surface area contributed by atoms with Crippen LogP contribution in [0.4, 0.5) is 0 Å². The Bertz CT molecular complexity index is 993. The Morgan fingerprint density at radius 2 is 2.10 bits per heavy atom. The number of fused-ring (bicyclic) bond motifs is 4. The molecule has 8 heteroatoms. The highest BCUT2D eigenvalue weighted by Crippen LogP contribution is 2.41. The van der Waals surface area contributed by atoms with Gasteiger partial charge in [-0.05, 0) is 31.2 Å². The van der Waals surface area contributed by atoms with E-state index in [9.17, 15) is 9.59 Å². The third kappa shape index (κ3) is 4.19. The number of carbonyl (C=O) groups excluding carboxylic acids is 1. The van der Waals surface area contributed by atoms with Crippen LogP contribution in [0.15, 0.2) is 35.4 Å². The van der Waals surface area contributed by atoms with Crippen LogP contribution >= 0.6 is 0 Å². The van der Waals surface area contributed by atoms with Gasteiger partial charge in [0.15, 0.2) is 0 Å². The number of aromatic nitrogens is 3. The zero-order chi connectivity index (χ0) is 21.4. The minimum absolute atomic E-state index is 0.0135. The molecule has 1 amide bonds. The lowest BCUT2D eigenvalue weighted by molar-refractivity contribution is -0.128. The maximum atomic E-state index is 12.8. The van der Waals surface area contributed by atoms with Gasteiger partial charge in [-0.1, -0.05) is 6.07 Å². The summed E-state index contributed by atoms with van der Waals surface area (Å²) in [6, 6.07) is 5.58. The molecule has 31 heavy (non-hydrogen) atoms. The molecule has 3 aliphatic heterocycles. The zero-order valence-electron chi connectivity index (χ0n) is 18.1. The number of amides is 1. The maximum Gasteiger partial charge on any atom is 0.251 e. The van der Waals surface area contributed by atoms with E-state index >= 15 is 0 Å². The molecule has 5 heterocycles. The molecule has 0 aliphatic carbocycles. The fourth-order valence-corrected chi connectivity index (χ4v) is 5.65. The Hall–Kier alpha value is -2.45. The highest BCUT2D eigenvalue weighted by molar-refractivity contribution is 5.78. The van der Waals surface area contributed by atoms with Gasteiger partial charge < -0.3 is 14.6 Å². The van der Waals surface area contributed by atoms with Crippen molar-refractivity contribution in [3.8, 4) is 0 Å². The second kappa shape index (κ2) is 8.59. The number of hydrogen-bond acceptors (Lipinski definition) is 5. The summed E-state index contributed by atoms with van der Waals surface area (Å²) in [6.45, 7) is 4.53. The number of pyridine rings is 1. The van der Waals surface area contributed by atoms with Crippen molar-refractivity contribution in [2.45, 2.75) is 37.8 Å². The predicted octanol–water partition coefficient (Wildman–Crippen LogP) is 1.29. The highest BCUT2D eigenvalue weighted by Gasteiger charge is 2.40. The minimum Gasteiger partial charge on any atom is -0.381 e. The molecule has 2 bridgehead atoms. The summed E-state index contributed by atoms with van der Waals surface area (Å²) in [6.07, 6.45) is 6.60. The minimum atomic E-state index is -0.0135. The van der Waals surface area contributed by atoms with E-state index in [-0.39, 0.29) is 23.4 Å². The Balaban J connectivity index is 1.35. The van der Waals surface area contributed by atoms with E-state index in [4.69, 9.17) is 4.74 Å². The molecule has 8 nitrogen and oxygen atoms in total. The topological polar surface area (TPSA) is 81.4 Å². The number of aryl methyl sites for hydroxylation is 1. The zero-order valence-corrected chi connectivity index (χ0v) is 18.1. The summed E-state index contributed by atoms with van der Waals surface area (Å²) in [4.78, 5) is 28.1. The monoisotopic (exact) mass is 425 g/mol. The lowest BCUT2D eigenvalue weighted by Gasteiger charge is -2.47. The third-order valence-corrected chi connectivity index (χ3v) is 7.12. The number of nitrogens with zero attached hydrogens (tertiary/aromatic N) is 4. The van der Waals surface area contributed by atoms with E-state index in [2.05, 4.69) is 27.6 Å². The number of piperidine rings is 1. The highest BCUT2D eigenvalue weighted by atomic mass is 16.5. The molecule has 3 aliphatic rings. The van der Waals surface area contributed by atoms with Gasteiger partial charge in [0.2, 0.25) is 5.91 Å². The van der Waals surface area contributed by atoms with Crippen molar-refractivity contribution in [2.24, 2.45) is 18.9 Å². The Morgan fingerprint density at radius 3 is 2.87 bits per heavy atom. The first kappa shape index (κ1) is 20.5. The van der Waals surface area contributed by atoms with Crippen LogP contribution in [0.25, 0.3) is 0 Å². The second-order valence-corrected chi connectivity index (χ2v) is 9.27. The Labute approximate surface area is 182 Å². The van der Waals surface area contributed by atoms with Crippen LogP contribution in [0.3, 0.4) is 0 Å². The molecule has 2 saturated heterocycles. The third-order valence-electron chi connectivity index (χ3n) is 7.12. The molecule has 0 spiro atoms. The van der Waals surface area contributed by atoms with Crippen molar-refractivity contribution in [3.05, 3.63) is 52.2 Å². The van der Waals surface area contributed by atoms with Gasteiger partial charge in [-0.15, -0.1) is 0 Å². The summed E-state index contributed by atoms with van der Waals surface area (Å²) in [7, 11) is 1.94. The van der Waals surface area contributed by atoms with Gasteiger partial charge in [-0.3, -0.25) is 19.2 Å². The van der Waals surface area contributed by atoms with Crippen molar-refractivity contribution < 1.29 is 9.53 Å². The number of nitrogens with one attached hydrogen (secondary N) is 1. The van der Waals surface area contributed by atoms with E-state index in [0.29, 0.717) is 31.6 Å². The lowest BCUT2D eigenvalue weighted by atomic mass is 9.78. The first-order valence-corrected chi connectivity index (χ1v) is 11.4. The number of likely N-dealkylation sites (tertiary alicyclic amines) is 1. The summed E-state index contributed by atoms with van der Waals surface area (Å²) >= 11 is 0. The molecule has 166 valence electrons. The molecule has 0 saturated carbocycles. The van der Waals surface area contributed by atoms with Crippen LogP contribution in [-0.4, -0.2) is 58.0 Å². The second-order valence-electron chi connectivity index (χ2n) is 9.27. The van der Waals surface area contributed by atoms with Gasteiger partial charge in [0.1, 0.15) is 0 Å². The number of carbonyl (C=O) groups is 1. The molecular formula is C23H31N5O3. The Kier molecular flexibility index (Phi) is 5.67. The van der Waals surface area contributed by atoms with Crippen molar-refractivity contribution in [1.29, 1.82) is 0 Å². The fourth-order valence-electron chi connectivity index (χ4n) is 5.65. The fraction of sp³-hybridized carbons (Fsp3) is 0.609. The lowest BCUT2D eigenvalue weighted by Crippen LogP contribution is -2.52. The summed E-state index contributed by atoms with van der Waals surface area (Å²) in [5.74, 6) is 0.786. The first-order valence-electron chi connectivity index (χ1n) is 11.4. The largest absolute Gasteiger partial charge is 0.381 e. The van der Waals surface area contributed by atoms with E-state index in [1.807, 2.05) is 28.6 Å². The smallest absolute Gasteiger partial charge is 0.251 e. The van der Waals surface area contributed by atoms with Crippen LogP contribution in [0, 0.1) is 11.8 Å². The Morgan fingerprint density at radius 1 is 1.26 bits per heavy atom. The molecule has 2 aromatic heterocycles. The SMILES string of the molecule is Cn1cc(CN2C[C@H]3C[C@@H](C2)[C@H](CNC(=O)C2CCOCC2)n2c3cccc2=O)cn1. The van der Waals surface area contributed by atoms with Crippen molar-refractivity contribution in [2.75, 3.05) is 32.8 Å². The summed E-state index contributed by atoms with van der Waals surface area (Å²) < 4.78 is 9.19. The van der Waals surface area contributed by atoms with Gasteiger partial charge in [-0.2, -0.15) is 5.10 Å². The normalized spacial score (nSPS) is 26.4. The van der Waals surface area contributed by atoms with Gasteiger partial charge in [0.25, 0.3) is 5.56 Å². The van der Waals surface area contributed by atoms with E-state index in [1.165, 1.54) is 5.56 Å². The molecule has 0 radical (unpaired) electrons. The summed E-state index contributed by atoms with van der Waals surface area (Å²) in [5, 5.41) is 7.47. The molecule has 2 aromatic rings. The molecule has 3 atom stereocenters. The predicted molar refractivity (Wildman–Crippen MR) is 116 cm³/mol. The van der Waals surface area contributed by atoms with Crippen molar-refractivity contribution >= 4 is 5.91 Å². The van der Waals surface area contributed by atoms with Crippen molar-refractivity contribution in [1.82, 2.24) is 24.6 Å². The van der Waals surface area contributed by atoms with Crippen molar-refractivity contribution in [3.63, 3.8) is 0 Å². The van der Waals surface area contributed by atoms with Gasteiger partial charge in [0, 0.05) is 81.8 Å². The van der Waals surface area contributed by atoms with Crippen LogP contribution in [0.5, 0.6) is 0 Å². The number of rotatable bonds is 5. The molecular weight excluding hydrogens is 394 g/mol. The van der Waals surface area contributed by atoms with Crippen LogP contribution in [-0.2, 0) is 23.1 Å². The van der Waals surface area contributed by atoms with Gasteiger partial charge in [-0.25, -0.2) is 0 Å². The van der Waals surface area contributed by atoms with Gasteiger partial charge >= 0.3 is 0 Å². The summed E-state index contributed by atoms with van der Waals surface area (Å²) in [5.41, 5.74) is 2.35. The average Bonchev–Trinajstić information content (AvgIpc) is 3.19. The molecule has 2 fully saturated rings. The van der Waals surface area contributed by atoms with Crippen LogP contribution < -0.4 is 10.9 Å². The quantitative estimate of drug-likeness (QED) is 0.781. The van der Waals surface area contributed by atoms with E-state index < -0.39 is 0 Å².